The molecule has 7 nitrogen and oxygen atoms in total. The third-order valence-corrected chi connectivity index (χ3v) is 2.95. The summed E-state index contributed by atoms with van der Waals surface area (Å²) in [6.45, 7) is 3.36. The molecule has 2 rings (SSSR count). The highest BCUT2D eigenvalue weighted by Crippen LogP contribution is 2.30. The number of halogens is 1. The van der Waals surface area contributed by atoms with Gasteiger partial charge >= 0.3 is 5.69 Å². The smallest absolute Gasteiger partial charge is 0.332 e. The Labute approximate surface area is 120 Å². The van der Waals surface area contributed by atoms with Gasteiger partial charge in [0.2, 0.25) is 11.8 Å². The minimum atomic E-state index is -0.545. The topological polar surface area (TPSA) is 107 Å². The van der Waals surface area contributed by atoms with E-state index in [-0.39, 0.29) is 23.1 Å². The van der Waals surface area contributed by atoms with Crippen molar-refractivity contribution in [1.82, 2.24) is 9.97 Å². The maximum absolute atomic E-state index is 11.1. The number of nitrogens with zero attached hydrogens (tertiary/aromatic N) is 3. The number of nitrogen functional groups attached to an aromatic ring is 1. The monoisotopic (exact) mass is 293 g/mol. The Bertz CT molecular complexity index is 690. The molecule has 104 valence electrons. The molecule has 1 aromatic heterocycles. The van der Waals surface area contributed by atoms with Gasteiger partial charge in [0.1, 0.15) is 5.69 Å². The number of nitrogens with two attached hydrogens (primary N) is 1. The van der Waals surface area contributed by atoms with Crippen LogP contribution in [0.3, 0.4) is 0 Å². The Morgan fingerprint density at radius 3 is 2.70 bits per heavy atom. The Morgan fingerprint density at radius 2 is 2.05 bits per heavy atom. The van der Waals surface area contributed by atoms with Gasteiger partial charge in [-0.05, 0) is 31.5 Å². The first-order chi connectivity index (χ1) is 9.38. The normalized spacial score (nSPS) is 10.3. The fraction of sp³-hybridized carbons (Fsp3) is 0.167. The summed E-state index contributed by atoms with van der Waals surface area (Å²) in [5.74, 6) is 0.0145. The molecule has 0 aliphatic heterocycles. The molecule has 20 heavy (non-hydrogen) atoms. The van der Waals surface area contributed by atoms with Gasteiger partial charge in [-0.2, -0.15) is 4.98 Å². The third-order valence-electron chi connectivity index (χ3n) is 2.71. The Balaban J connectivity index is 2.53. The van der Waals surface area contributed by atoms with Crippen molar-refractivity contribution in [2.24, 2.45) is 0 Å². The lowest BCUT2D eigenvalue weighted by molar-refractivity contribution is -0.385. The van der Waals surface area contributed by atoms with Crippen molar-refractivity contribution in [2.75, 3.05) is 11.1 Å². The average Bonchev–Trinajstić information content (AvgIpc) is 2.32. The third kappa shape index (κ3) is 2.77. The van der Waals surface area contributed by atoms with Crippen LogP contribution in [0, 0.1) is 24.0 Å². The van der Waals surface area contributed by atoms with Crippen molar-refractivity contribution < 1.29 is 4.92 Å². The van der Waals surface area contributed by atoms with Gasteiger partial charge in [-0.3, -0.25) is 10.1 Å². The first-order valence-corrected chi connectivity index (χ1v) is 6.08. The maximum Gasteiger partial charge on any atom is 0.332 e. The molecule has 0 fully saturated rings. The highest BCUT2D eigenvalue weighted by molar-refractivity contribution is 6.30. The van der Waals surface area contributed by atoms with E-state index >= 15 is 0 Å². The van der Waals surface area contributed by atoms with Crippen LogP contribution in [0.15, 0.2) is 18.2 Å². The molecule has 0 atom stereocenters. The summed E-state index contributed by atoms with van der Waals surface area (Å²) in [5, 5.41) is 14.5. The summed E-state index contributed by atoms with van der Waals surface area (Å²) in [6, 6.07) is 5.19. The van der Waals surface area contributed by atoms with Gasteiger partial charge in [-0.1, -0.05) is 17.7 Å². The van der Waals surface area contributed by atoms with Crippen LogP contribution in [-0.2, 0) is 0 Å². The van der Waals surface area contributed by atoms with Crippen molar-refractivity contribution in [2.45, 2.75) is 13.8 Å². The molecule has 1 aromatic carbocycles. The van der Waals surface area contributed by atoms with E-state index in [1.165, 1.54) is 6.92 Å². The van der Waals surface area contributed by atoms with Crippen molar-refractivity contribution in [3.8, 4) is 0 Å². The van der Waals surface area contributed by atoms with Gasteiger partial charge in [0.15, 0.2) is 0 Å². The SMILES string of the molecule is Cc1ccc(Cl)cc1Nc1nc(N)nc(C)c1[N+](=O)[O-]. The molecule has 0 bridgehead atoms. The Kier molecular flexibility index (Phi) is 3.71. The number of nitrogens with one attached hydrogen (secondary N) is 1. The molecule has 0 aliphatic carbocycles. The number of nitro groups is 1. The zero-order valence-corrected chi connectivity index (χ0v) is 11.6. The molecule has 0 aliphatic rings. The number of aromatic nitrogens is 2. The van der Waals surface area contributed by atoms with Gasteiger partial charge in [-0.15, -0.1) is 0 Å². The van der Waals surface area contributed by atoms with Crippen LogP contribution in [0.25, 0.3) is 0 Å². The Hall–Kier alpha value is -2.41. The van der Waals surface area contributed by atoms with Crippen LogP contribution in [0.2, 0.25) is 5.02 Å². The van der Waals surface area contributed by atoms with Crippen LogP contribution >= 0.6 is 11.6 Å². The number of hydrogen-bond donors (Lipinski definition) is 2. The number of benzene rings is 1. The molecule has 8 heteroatoms. The van der Waals surface area contributed by atoms with Gasteiger partial charge < -0.3 is 11.1 Å². The number of anilines is 3. The Morgan fingerprint density at radius 1 is 1.35 bits per heavy atom. The van der Waals surface area contributed by atoms with Crippen LogP contribution in [0.1, 0.15) is 11.3 Å². The van der Waals surface area contributed by atoms with E-state index in [9.17, 15) is 10.1 Å². The van der Waals surface area contributed by atoms with Crippen LogP contribution < -0.4 is 11.1 Å². The first-order valence-electron chi connectivity index (χ1n) is 5.70. The molecule has 3 N–H and O–H groups in total. The molecular formula is C12H12ClN5O2. The number of aryl methyl sites for hydroxylation is 2. The minimum Gasteiger partial charge on any atom is -0.368 e. The predicted molar refractivity (Wildman–Crippen MR) is 77.3 cm³/mol. The second-order valence-corrected chi connectivity index (χ2v) is 4.64. The second-order valence-electron chi connectivity index (χ2n) is 4.21. The summed E-state index contributed by atoms with van der Waals surface area (Å²) in [4.78, 5) is 18.3. The quantitative estimate of drug-likeness (QED) is 0.665. The van der Waals surface area contributed by atoms with Gasteiger partial charge in [-0.25, -0.2) is 4.98 Å². The van der Waals surface area contributed by atoms with Crippen molar-refractivity contribution in [3.63, 3.8) is 0 Å². The van der Waals surface area contributed by atoms with Crippen LogP contribution in [0.4, 0.5) is 23.1 Å². The summed E-state index contributed by atoms with van der Waals surface area (Å²) in [5.41, 5.74) is 7.03. The molecule has 0 radical (unpaired) electrons. The van der Waals surface area contributed by atoms with E-state index < -0.39 is 4.92 Å². The molecule has 0 saturated heterocycles. The molecule has 0 unspecified atom stereocenters. The highest BCUT2D eigenvalue weighted by atomic mass is 35.5. The van der Waals surface area contributed by atoms with Gasteiger partial charge in [0.05, 0.1) is 4.92 Å². The molecule has 1 heterocycles. The van der Waals surface area contributed by atoms with Gasteiger partial charge in [0.25, 0.3) is 0 Å². The van der Waals surface area contributed by atoms with Crippen molar-refractivity contribution in [1.29, 1.82) is 0 Å². The molecular weight excluding hydrogens is 282 g/mol. The number of rotatable bonds is 3. The average molecular weight is 294 g/mol. The lowest BCUT2D eigenvalue weighted by Gasteiger charge is -2.10. The minimum absolute atomic E-state index is 0.0321. The standard InChI is InChI=1S/C12H12ClN5O2/c1-6-3-4-8(13)5-9(6)16-11-10(18(19)20)7(2)15-12(14)17-11/h3-5H,1-2H3,(H3,14,15,16,17). The van der Waals surface area contributed by atoms with E-state index in [2.05, 4.69) is 15.3 Å². The lowest BCUT2D eigenvalue weighted by atomic mass is 10.2. The second kappa shape index (κ2) is 5.30. The molecule has 2 aromatic rings. The largest absolute Gasteiger partial charge is 0.368 e. The van der Waals surface area contributed by atoms with Crippen LogP contribution in [-0.4, -0.2) is 14.9 Å². The highest BCUT2D eigenvalue weighted by Gasteiger charge is 2.22. The summed E-state index contributed by atoms with van der Waals surface area (Å²) in [7, 11) is 0. The molecule has 0 spiro atoms. The zero-order valence-electron chi connectivity index (χ0n) is 10.8. The fourth-order valence-electron chi connectivity index (χ4n) is 1.75. The van der Waals surface area contributed by atoms with E-state index in [0.29, 0.717) is 10.7 Å². The summed E-state index contributed by atoms with van der Waals surface area (Å²) in [6.07, 6.45) is 0. The van der Waals surface area contributed by atoms with Crippen molar-refractivity contribution in [3.05, 3.63) is 44.6 Å². The fourth-order valence-corrected chi connectivity index (χ4v) is 1.92. The predicted octanol–water partition coefficient (Wildman–Crippen LogP) is 2.98. The maximum atomic E-state index is 11.1. The van der Waals surface area contributed by atoms with E-state index in [1.807, 2.05) is 6.92 Å². The summed E-state index contributed by atoms with van der Waals surface area (Å²) < 4.78 is 0. The summed E-state index contributed by atoms with van der Waals surface area (Å²) >= 11 is 5.92. The van der Waals surface area contributed by atoms with Gasteiger partial charge in [0, 0.05) is 10.7 Å². The van der Waals surface area contributed by atoms with Crippen molar-refractivity contribution >= 4 is 34.7 Å². The zero-order chi connectivity index (χ0) is 14.9. The molecule has 0 saturated carbocycles. The van der Waals surface area contributed by atoms with E-state index in [0.717, 1.165) is 5.56 Å². The van der Waals surface area contributed by atoms with E-state index in [1.54, 1.807) is 18.2 Å². The van der Waals surface area contributed by atoms with E-state index in [4.69, 9.17) is 17.3 Å². The number of hydrogen-bond acceptors (Lipinski definition) is 6. The first kappa shape index (κ1) is 14.0. The van der Waals surface area contributed by atoms with Crippen LogP contribution in [0.5, 0.6) is 0 Å². The molecule has 0 amide bonds. The lowest BCUT2D eigenvalue weighted by Crippen LogP contribution is -2.07.